The Morgan fingerprint density at radius 2 is 1.59 bits per heavy atom. The standard InChI is InChI=1S/C16H31N/c1-6-10-15(2)12-9-13-16(3)11-7-8-14-17(4)5/h10,13H,6-9,11-12,14H2,1-5H3/b15-10+,16-13+. The molecular weight excluding hydrogens is 206 g/mol. The van der Waals surface area contributed by atoms with Crippen molar-refractivity contribution in [2.24, 2.45) is 0 Å². The van der Waals surface area contributed by atoms with Crippen LogP contribution in [-0.2, 0) is 0 Å². The SMILES string of the molecule is CC/C=C(\C)CC/C=C(\C)CCCCN(C)C. The lowest BCUT2D eigenvalue weighted by Crippen LogP contribution is -2.12. The average Bonchev–Trinajstić information content (AvgIpc) is 2.24. The van der Waals surface area contributed by atoms with Crippen LogP contribution in [0.2, 0.25) is 0 Å². The van der Waals surface area contributed by atoms with E-state index in [4.69, 9.17) is 0 Å². The third kappa shape index (κ3) is 11.7. The van der Waals surface area contributed by atoms with Gasteiger partial charge in [-0.2, -0.15) is 0 Å². The first-order valence-electron chi connectivity index (χ1n) is 7.02. The largest absolute Gasteiger partial charge is 0.309 e. The minimum atomic E-state index is 1.17. The molecule has 0 saturated heterocycles. The molecule has 0 fully saturated rings. The zero-order valence-electron chi connectivity index (χ0n) is 12.6. The van der Waals surface area contributed by atoms with Crippen molar-refractivity contribution in [2.45, 2.75) is 59.3 Å². The third-order valence-corrected chi connectivity index (χ3v) is 3.01. The molecule has 0 aliphatic rings. The van der Waals surface area contributed by atoms with Gasteiger partial charge < -0.3 is 4.90 Å². The molecule has 100 valence electrons. The van der Waals surface area contributed by atoms with Crippen molar-refractivity contribution in [3.8, 4) is 0 Å². The maximum atomic E-state index is 2.42. The quantitative estimate of drug-likeness (QED) is 0.411. The summed E-state index contributed by atoms with van der Waals surface area (Å²) in [6.07, 6.45) is 12.3. The lowest BCUT2D eigenvalue weighted by molar-refractivity contribution is 0.394. The molecule has 0 aromatic carbocycles. The first-order valence-corrected chi connectivity index (χ1v) is 7.02. The Kier molecular flexibility index (Phi) is 10.2. The second-order valence-corrected chi connectivity index (χ2v) is 5.31. The van der Waals surface area contributed by atoms with Crippen LogP contribution in [0.4, 0.5) is 0 Å². The van der Waals surface area contributed by atoms with Crippen LogP contribution in [0.15, 0.2) is 23.3 Å². The molecule has 0 rings (SSSR count). The molecule has 0 radical (unpaired) electrons. The predicted octanol–water partition coefficient (Wildman–Crippen LogP) is 4.80. The number of hydrogen-bond donors (Lipinski definition) is 0. The smallest absolute Gasteiger partial charge is 0.00247 e. The van der Waals surface area contributed by atoms with Crippen molar-refractivity contribution < 1.29 is 0 Å². The van der Waals surface area contributed by atoms with Crippen molar-refractivity contribution in [3.05, 3.63) is 23.3 Å². The Balaban J connectivity index is 3.61. The molecule has 0 aromatic heterocycles. The molecule has 0 aromatic rings. The molecule has 0 N–H and O–H groups in total. The Bertz CT molecular complexity index is 236. The van der Waals surface area contributed by atoms with E-state index in [-0.39, 0.29) is 0 Å². The lowest BCUT2D eigenvalue weighted by Gasteiger charge is -2.08. The lowest BCUT2D eigenvalue weighted by atomic mass is 10.1. The minimum Gasteiger partial charge on any atom is -0.309 e. The van der Waals surface area contributed by atoms with E-state index in [1.807, 2.05) is 0 Å². The van der Waals surface area contributed by atoms with Crippen LogP contribution >= 0.6 is 0 Å². The van der Waals surface area contributed by atoms with Crippen LogP contribution in [0, 0.1) is 0 Å². The fourth-order valence-electron chi connectivity index (χ4n) is 1.93. The molecule has 0 heterocycles. The Labute approximate surface area is 109 Å². The van der Waals surface area contributed by atoms with Crippen LogP contribution in [0.3, 0.4) is 0 Å². The van der Waals surface area contributed by atoms with E-state index in [2.05, 4.69) is 51.9 Å². The van der Waals surface area contributed by atoms with E-state index in [0.717, 1.165) is 0 Å². The number of nitrogens with zero attached hydrogens (tertiary/aromatic N) is 1. The van der Waals surface area contributed by atoms with E-state index in [0.29, 0.717) is 0 Å². The first-order chi connectivity index (χ1) is 8.06. The van der Waals surface area contributed by atoms with E-state index in [1.165, 1.54) is 50.6 Å². The van der Waals surface area contributed by atoms with Gasteiger partial charge in [-0.1, -0.05) is 30.2 Å². The number of hydrogen-bond acceptors (Lipinski definition) is 1. The Hall–Kier alpha value is -0.560. The normalized spacial score (nSPS) is 13.5. The number of rotatable bonds is 9. The summed E-state index contributed by atoms with van der Waals surface area (Å²) in [6.45, 7) is 7.93. The van der Waals surface area contributed by atoms with E-state index >= 15 is 0 Å². The maximum Gasteiger partial charge on any atom is -0.00247 e. The topological polar surface area (TPSA) is 3.24 Å². The molecule has 0 spiro atoms. The van der Waals surface area contributed by atoms with Gasteiger partial charge in [0.15, 0.2) is 0 Å². The Morgan fingerprint density at radius 3 is 2.18 bits per heavy atom. The highest BCUT2D eigenvalue weighted by Crippen LogP contribution is 2.11. The number of allylic oxidation sites excluding steroid dienone is 4. The second kappa shape index (κ2) is 10.6. The fraction of sp³-hybridized carbons (Fsp3) is 0.750. The molecule has 0 saturated carbocycles. The van der Waals surface area contributed by atoms with Crippen LogP contribution < -0.4 is 0 Å². The van der Waals surface area contributed by atoms with E-state index in [1.54, 1.807) is 5.57 Å². The van der Waals surface area contributed by atoms with Crippen molar-refractivity contribution in [3.63, 3.8) is 0 Å². The van der Waals surface area contributed by atoms with Crippen LogP contribution in [0.1, 0.15) is 59.3 Å². The van der Waals surface area contributed by atoms with Gasteiger partial charge in [0.1, 0.15) is 0 Å². The van der Waals surface area contributed by atoms with Crippen molar-refractivity contribution >= 4 is 0 Å². The Morgan fingerprint density at radius 1 is 0.941 bits per heavy atom. The van der Waals surface area contributed by atoms with Gasteiger partial charge in [-0.25, -0.2) is 0 Å². The van der Waals surface area contributed by atoms with Gasteiger partial charge in [-0.05, 0) is 73.0 Å². The van der Waals surface area contributed by atoms with Crippen LogP contribution in [0.25, 0.3) is 0 Å². The van der Waals surface area contributed by atoms with Gasteiger partial charge in [-0.3, -0.25) is 0 Å². The summed E-state index contributed by atoms with van der Waals surface area (Å²) in [5.74, 6) is 0. The van der Waals surface area contributed by atoms with Crippen molar-refractivity contribution in [1.82, 2.24) is 4.90 Å². The van der Waals surface area contributed by atoms with Crippen LogP contribution in [-0.4, -0.2) is 25.5 Å². The summed E-state index contributed by atoms with van der Waals surface area (Å²) in [7, 11) is 4.29. The van der Waals surface area contributed by atoms with Gasteiger partial charge in [0.2, 0.25) is 0 Å². The monoisotopic (exact) mass is 237 g/mol. The van der Waals surface area contributed by atoms with Gasteiger partial charge in [0.05, 0.1) is 0 Å². The molecule has 1 heteroatoms. The van der Waals surface area contributed by atoms with Gasteiger partial charge in [0, 0.05) is 0 Å². The third-order valence-electron chi connectivity index (χ3n) is 3.01. The summed E-state index contributed by atoms with van der Waals surface area (Å²) < 4.78 is 0. The van der Waals surface area contributed by atoms with E-state index in [9.17, 15) is 0 Å². The highest BCUT2D eigenvalue weighted by molar-refractivity contribution is 5.03. The summed E-state index contributed by atoms with van der Waals surface area (Å²) in [6, 6.07) is 0. The maximum absolute atomic E-state index is 2.42. The summed E-state index contributed by atoms with van der Waals surface area (Å²) >= 11 is 0. The van der Waals surface area contributed by atoms with Crippen molar-refractivity contribution in [1.29, 1.82) is 0 Å². The predicted molar refractivity (Wildman–Crippen MR) is 79.4 cm³/mol. The molecule has 1 nitrogen and oxygen atoms in total. The molecule has 0 aliphatic carbocycles. The molecule has 0 unspecified atom stereocenters. The second-order valence-electron chi connectivity index (χ2n) is 5.31. The molecule has 0 bridgehead atoms. The first kappa shape index (κ1) is 16.4. The van der Waals surface area contributed by atoms with E-state index < -0.39 is 0 Å². The fourth-order valence-corrected chi connectivity index (χ4v) is 1.93. The number of unbranched alkanes of at least 4 members (excludes halogenated alkanes) is 1. The van der Waals surface area contributed by atoms with Gasteiger partial charge in [-0.15, -0.1) is 0 Å². The molecule has 0 aliphatic heterocycles. The highest BCUT2D eigenvalue weighted by atomic mass is 15.0. The van der Waals surface area contributed by atoms with Crippen LogP contribution in [0.5, 0.6) is 0 Å². The summed E-state index contributed by atoms with van der Waals surface area (Å²) in [5, 5.41) is 0. The highest BCUT2D eigenvalue weighted by Gasteiger charge is 1.94. The zero-order chi connectivity index (χ0) is 13.1. The summed E-state index contributed by atoms with van der Waals surface area (Å²) in [4.78, 5) is 2.26. The minimum absolute atomic E-state index is 1.17. The van der Waals surface area contributed by atoms with Gasteiger partial charge >= 0.3 is 0 Å². The molecule has 0 amide bonds. The van der Waals surface area contributed by atoms with Crippen molar-refractivity contribution in [2.75, 3.05) is 20.6 Å². The zero-order valence-corrected chi connectivity index (χ0v) is 12.6. The molecular formula is C16H31N. The van der Waals surface area contributed by atoms with Gasteiger partial charge in [0.25, 0.3) is 0 Å². The summed E-state index contributed by atoms with van der Waals surface area (Å²) in [5.41, 5.74) is 3.09. The molecule has 17 heavy (non-hydrogen) atoms. The average molecular weight is 237 g/mol. The molecule has 0 atom stereocenters.